The summed E-state index contributed by atoms with van der Waals surface area (Å²) in [5, 5.41) is 15.8. The van der Waals surface area contributed by atoms with E-state index in [0.717, 1.165) is 5.56 Å². The van der Waals surface area contributed by atoms with Gasteiger partial charge in [0.25, 0.3) is 5.69 Å². The third-order valence-electron chi connectivity index (χ3n) is 2.36. The minimum atomic E-state index is -0.461. The van der Waals surface area contributed by atoms with Gasteiger partial charge < -0.3 is 0 Å². The van der Waals surface area contributed by atoms with Crippen molar-refractivity contribution in [1.82, 2.24) is 5.01 Å². The summed E-state index contributed by atoms with van der Waals surface area (Å²) in [6.45, 7) is 0. The summed E-state index contributed by atoms with van der Waals surface area (Å²) in [6.07, 6.45) is 0.244. The molecule has 0 saturated heterocycles. The molecule has 0 N–H and O–H groups in total. The van der Waals surface area contributed by atoms with Crippen molar-refractivity contribution in [3.63, 3.8) is 0 Å². The van der Waals surface area contributed by atoms with Crippen LogP contribution in [0.5, 0.6) is 0 Å². The van der Waals surface area contributed by atoms with Gasteiger partial charge in [0, 0.05) is 19.2 Å². The van der Waals surface area contributed by atoms with Crippen LogP contribution in [0, 0.1) is 10.1 Å². The zero-order valence-corrected chi connectivity index (χ0v) is 8.58. The second kappa shape index (κ2) is 3.73. The zero-order chi connectivity index (χ0) is 11.7. The van der Waals surface area contributed by atoms with Crippen LogP contribution in [0.2, 0.25) is 0 Å². The number of carbonyl (C=O) groups excluding carboxylic acids is 1. The lowest BCUT2D eigenvalue weighted by Crippen LogP contribution is -2.14. The maximum atomic E-state index is 11.2. The number of rotatable bonds is 2. The molecule has 1 aromatic rings. The third-order valence-corrected chi connectivity index (χ3v) is 2.36. The summed E-state index contributed by atoms with van der Waals surface area (Å²) in [5.74, 6) is -0.0756. The Kier molecular flexibility index (Phi) is 2.40. The smallest absolute Gasteiger partial charge is 0.269 e. The number of amides is 1. The molecular formula is C10H9N3O3. The first-order valence-electron chi connectivity index (χ1n) is 4.67. The predicted octanol–water partition coefficient (Wildman–Crippen LogP) is 1.16. The molecule has 0 saturated carbocycles. The van der Waals surface area contributed by atoms with Crippen LogP contribution in [0.3, 0.4) is 0 Å². The quantitative estimate of drug-likeness (QED) is 0.553. The van der Waals surface area contributed by atoms with Gasteiger partial charge in [0.1, 0.15) is 0 Å². The standard InChI is InChI=1S/C10H9N3O3/c1-12-10(14)6-9(11-12)7-2-4-8(5-3-7)13(15)16/h2-5H,6H2,1H3. The summed E-state index contributed by atoms with van der Waals surface area (Å²) < 4.78 is 0. The highest BCUT2D eigenvalue weighted by Crippen LogP contribution is 2.17. The van der Waals surface area contributed by atoms with Crippen molar-refractivity contribution >= 4 is 17.3 Å². The molecule has 1 amide bonds. The van der Waals surface area contributed by atoms with E-state index in [1.54, 1.807) is 19.2 Å². The van der Waals surface area contributed by atoms with Gasteiger partial charge in [-0.3, -0.25) is 14.9 Å². The highest BCUT2D eigenvalue weighted by molar-refractivity contribution is 6.13. The van der Waals surface area contributed by atoms with Gasteiger partial charge in [-0.1, -0.05) is 0 Å². The fourth-order valence-corrected chi connectivity index (χ4v) is 1.47. The van der Waals surface area contributed by atoms with Crippen molar-refractivity contribution < 1.29 is 9.72 Å². The largest absolute Gasteiger partial charge is 0.273 e. The number of carbonyl (C=O) groups is 1. The minimum Gasteiger partial charge on any atom is -0.273 e. The highest BCUT2D eigenvalue weighted by Gasteiger charge is 2.21. The lowest BCUT2D eigenvalue weighted by molar-refractivity contribution is -0.384. The highest BCUT2D eigenvalue weighted by atomic mass is 16.6. The van der Waals surface area contributed by atoms with E-state index < -0.39 is 4.92 Å². The number of hydrogen-bond donors (Lipinski definition) is 0. The van der Waals surface area contributed by atoms with Gasteiger partial charge in [0.15, 0.2) is 0 Å². The molecule has 0 aromatic heterocycles. The van der Waals surface area contributed by atoms with Crippen LogP contribution in [0.1, 0.15) is 12.0 Å². The summed E-state index contributed by atoms with van der Waals surface area (Å²) in [6, 6.07) is 6.01. The Morgan fingerprint density at radius 2 is 2.00 bits per heavy atom. The molecule has 0 radical (unpaired) electrons. The van der Waals surface area contributed by atoms with E-state index in [-0.39, 0.29) is 18.0 Å². The average Bonchev–Trinajstić information content (AvgIpc) is 2.59. The van der Waals surface area contributed by atoms with Crippen molar-refractivity contribution in [2.75, 3.05) is 7.05 Å². The second-order valence-corrected chi connectivity index (χ2v) is 3.44. The number of benzene rings is 1. The fourth-order valence-electron chi connectivity index (χ4n) is 1.47. The molecule has 1 aliphatic heterocycles. The van der Waals surface area contributed by atoms with E-state index in [1.165, 1.54) is 17.1 Å². The number of nitro groups is 1. The molecule has 16 heavy (non-hydrogen) atoms. The van der Waals surface area contributed by atoms with Gasteiger partial charge in [-0.15, -0.1) is 0 Å². The molecule has 0 aliphatic carbocycles. The predicted molar refractivity (Wildman–Crippen MR) is 57.0 cm³/mol. The monoisotopic (exact) mass is 219 g/mol. The Morgan fingerprint density at radius 3 is 2.44 bits per heavy atom. The number of hydrazone groups is 1. The zero-order valence-electron chi connectivity index (χ0n) is 8.58. The molecule has 2 rings (SSSR count). The maximum Gasteiger partial charge on any atom is 0.269 e. The average molecular weight is 219 g/mol. The van der Waals surface area contributed by atoms with E-state index in [1.807, 2.05) is 0 Å². The lowest BCUT2D eigenvalue weighted by atomic mass is 10.1. The van der Waals surface area contributed by atoms with Crippen LogP contribution >= 0.6 is 0 Å². The van der Waals surface area contributed by atoms with Crippen molar-refractivity contribution in [3.05, 3.63) is 39.9 Å². The van der Waals surface area contributed by atoms with Gasteiger partial charge in [-0.05, 0) is 17.7 Å². The summed E-state index contributed by atoms with van der Waals surface area (Å²) in [5.41, 5.74) is 1.41. The Hall–Kier alpha value is -2.24. The van der Waals surface area contributed by atoms with E-state index in [2.05, 4.69) is 5.10 Å². The fraction of sp³-hybridized carbons (Fsp3) is 0.200. The number of non-ortho nitro benzene ring substituents is 1. The summed E-state index contributed by atoms with van der Waals surface area (Å²) in [7, 11) is 1.58. The van der Waals surface area contributed by atoms with Crippen molar-refractivity contribution in [1.29, 1.82) is 0 Å². The summed E-state index contributed by atoms with van der Waals surface area (Å²) >= 11 is 0. The SMILES string of the molecule is CN1N=C(c2ccc([N+](=O)[O-])cc2)CC1=O. The van der Waals surface area contributed by atoms with E-state index in [9.17, 15) is 14.9 Å². The maximum absolute atomic E-state index is 11.2. The van der Waals surface area contributed by atoms with Gasteiger partial charge in [0.05, 0.1) is 17.1 Å². The van der Waals surface area contributed by atoms with Crippen LogP contribution in [0.25, 0.3) is 0 Å². The molecule has 6 heteroatoms. The molecule has 82 valence electrons. The molecule has 0 spiro atoms. The second-order valence-electron chi connectivity index (χ2n) is 3.44. The number of hydrogen-bond acceptors (Lipinski definition) is 4. The van der Waals surface area contributed by atoms with Gasteiger partial charge in [-0.2, -0.15) is 5.10 Å². The van der Waals surface area contributed by atoms with Crippen LogP contribution in [0.15, 0.2) is 29.4 Å². The summed E-state index contributed by atoms with van der Waals surface area (Å²) in [4.78, 5) is 21.2. The topological polar surface area (TPSA) is 75.8 Å². The van der Waals surface area contributed by atoms with Crippen molar-refractivity contribution in [2.45, 2.75) is 6.42 Å². The molecule has 0 bridgehead atoms. The van der Waals surface area contributed by atoms with Crippen molar-refractivity contribution in [2.24, 2.45) is 5.10 Å². The molecule has 0 atom stereocenters. The molecule has 0 fully saturated rings. The lowest BCUT2D eigenvalue weighted by Gasteiger charge is -1.99. The Bertz CT molecular complexity index is 479. The van der Waals surface area contributed by atoms with Crippen LogP contribution in [-0.4, -0.2) is 28.6 Å². The van der Waals surface area contributed by atoms with Gasteiger partial charge >= 0.3 is 0 Å². The normalized spacial score (nSPS) is 15.2. The molecular weight excluding hydrogens is 210 g/mol. The third kappa shape index (κ3) is 1.77. The Labute approximate surface area is 91.3 Å². The number of nitro benzene ring substituents is 1. The molecule has 1 heterocycles. The molecule has 1 aliphatic rings. The first kappa shape index (κ1) is 10.3. The van der Waals surface area contributed by atoms with Crippen molar-refractivity contribution in [3.8, 4) is 0 Å². The van der Waals surface area contributed by atoms with Crippen LogP contribution in [0.4, 0.5) is 5.69 Å². The van der Waals surface area contributed by atoms with Crippen LogP contribution < -0.4 is 0 Å². The first-order chi connectivity index (χ1) is 7.58. The van der Waals surface area contributed by atoms with E-state index in [4.69, 9.17) is 0 Å². The molecule has 1 aromatic carbocycles. The number of nitrogens with zero attached hydrogens (tertiary/aromatic N) is 3. The Morgan fingerprint density at radius 1 is 1.38 bits per heavy atom. The van der Waals surface area contributed by atoms with Gasteiger partial charge in [-0.25, -0.2) is 5.01 Å². The molecule has 0 unspecified atom stereocenters. The Balaban J connectivity index is 2.26. The van der Waals surface area contributed by atoms with E-state index in [0.29, 0.717) is 5.71 Å². The van der Waals surface area contributed by atoms with E-state index >= 15 is 0 Å². The minimum absolute atomic E-state index is 0.0297. The molecule has 6 nitrogen and oxygen atoms in total. The van der Waals surface area contributed by atoms with Gasteiger partial charge in [0.2, 0.25) is 5.91 Å². The van der Waals surface area contributed by atoms with Crippen LogP contribution in [-0.2, 0) is 4.79 Å². The first-order valence-corrected chi connectivity index (χ1v) is 4.67.